The largest absolute Gasteiger partial charge is 0.326 e. The van der Waals surface area contributed by atoms with Crippen LogP contribution in [0.2, 0.25) is 0 Å². The van der Waals surface area contributed by atoms with Gasteiger partial charge in [-0.15, -0.1) is 0 Å². The number of nitrogens with one attached hydrogen (secondary N) is 2. The smallest absolute Gasteiger partial charge is 0.257 e. The number of hydrogen-bond acceptors (Lipinski definition) is 4. The van der Waals surface area contributed by atoms with Crippen LogP contribution in [-0.2, 0) is 4.79 Å². The Morgan fingerprint density at radius 1 is 0.933 bits per heavy atom. The molecule has 0 fully saturated rings. The average molecular weight is 416 g/mol. The summed E-state index contributed by atoms with van der Waals surface area (Å²) in [6.07, 6.45) is 0.717. The number of fused-ring (bicyclic) bond motifs is 1. The van der Waals surface area contributed by atoms with E-state index in [1.54, 1.807) is 12.1 Å². The van der Waals surface area contributed by atoms with E-state index < -0.39 is 0 Å². The molecule has 1 aromatic heterocycles. The number of amides is 2. The number of aromatic nitrogens is 1. The molecule has 2 N–H and O–H groups in total. The molecule has 4 rings (SSSR count). The number of nitrogens with zero attached hydrogens (tertiary/aromatic N) is 1. The van der Waals surface area contributed by atoms with Gasteiger partial charge in [0.25, 0.3) is 5.91 Å². The van der Waals surface area contributed by atoms with Gasteiger partial charge in [0.2, 0.25) is 5.91 Å². The molecule has 0 unspecified atom stereocenters. The quantitative estimate of drug-likeness (QED) is 0.425. The lowest BCUT2D eigenvalue weighted by atomic mass is 9.95. The van der Waals surface area contributed by atoms with E-state index in [9.17, 15) is 9.59 Å². The Bertz CT molecular complexity index is 1170. The second kappa shape index (κ2) is 8.88. The van der Waals surface area contributed by atoms with Crippen LogP contribution >= 0.6 is 11.3 Å². The summed E-state index contributed by atoms with van der Waals surface area (Å²) < 4.78 is 0.893. The summed E-state index contributed by atoms with van der Waals surface area (Å²) >= 11 is 1.38. The summed E-state index contributed by atoms with van der Waals surface area (Å²) in [5, 5.41) is 6.38. The van der Waals surface area contributed by atoms with Crippen molar-refractivity contribution in [2.75, 3.05) is 10.6 Å². The van der Waals surface area contributed by atoms with E-state index in [2.05, 4.69) is 15.6 Å². The number of carbonyl (C=O) groups is 2. The zero-order chi connectivity index (χ0) is 20.9. The fourth-order valence-electron chi connectivity index (χ4n) is 3.30. The molecule has 0 spiro atoms. The molecule has 30 heavy (non-hydrogen) atoms. The highest BCUT2D eigenvalue weighted by Crippen LogP contribution is 2.29. The third kappa shape index (κ3) is 4.39. The second-order valence-electron chi connectivity index (χ2n) is 6.88. The van der Waals surface area contributed by atoms with Crippen LogP contribution in [0, 0.1) is 0 Å². The van der Waals surface area contributed by atoms with Gasteiger partial charge in [-0.05, 0) is 42.3 Å². The maximum Gasteiger partial charge on any atom is 0.257 e. The van der Waals surface area contributed by atoms with E-state index >= 15 is 0 Å². The Balaban J connectivity index is 1.49. The van der Waals surface area contributed by atoms with Crippen LogP contribution in [0.3, 0.4) is 0 Å². The molecule has 0 aliphatic rings. The van der Waals surface area contributed by atoms with Gasteiger partial charge in [-0.3, -0.25) is 14.9 Å². The molecule has 1 atom stereocenters. The Labute approximate surface area is 178 Å². The topological polar surface area (TPSA) is 71.1 Å². The van der Waals surface area contributed by atoms with Crippen LogP contribution in [0.25, 0.3) is 10.2 Å². The molecule has 0 aliphatic carbocycles. The molecule has 0 aliphatic heterocycles. The Kier molecular flexibility index (Phi) is 5.86. The molecule has 5 nitrogen and oxygen atoms in total. The Morgan fingerprint density at radius 3 is 2.33 bits per heavy atom. The summed E-state index contributed by atoms with van der Waals surface area (Å²) in [5.41, 5.74) is 3.07. The van der Waals surface area contributed by atoms with Gasteiger partial charge in [-0.1, -0.05) is 66.8 Å². The van der Waals surface area contributed by atoms with E-state index in [4.69, 9.17) is 0 Å². The van der Waals surface area contributed by atoms with Crippen LogP contribution in [0.15, 0.2) is 78.9 Å². The predicted molar refractivity (Wildman–Crippen MR) is 122 cm³/mol. The fraction of sp³-hybridized carbons (Fsp3) is 0.125. The lowest BCUT2D eigenvalue weighted by Gasteiger charge is -2.15. The predicted octanol–water partition coefficient (Wildman–Crippen LogP) is 5.68. The fourth-order valence-corrected chi connectivity index (χ4v) is 4.20. The molecule has 0 saturated heterocycles. The summed E-state index contributed by atoms with van der Waals surface area (Å²) in [6, 6.07) is 24.4. The van der Waals surface area contributed by atoms with Gasteiger partial charge in [0.1, 0.15) is 0 Å². The number of rotatable bonds is 6. The first kappa shape index (κ1) is 19.8. The van der Waals surface area contributed by atoms with Crippen molar-refractivity contribution in [1.82, 2.24) is 4.98 Å². The highest BCUT2D eigenvalue weighted by molar-refractivity contribution is 7.22. The van der Waals surface area contributed by atoms with Crippen molar-refractivity contribution in [2.45, 2.75) is 19.3 Å². The van der Waals surface area contributed by atoms with E-state index in [1.807, 2.05) is 73.7 Å². The van der Waals surface area contributed by atoms with E-state index in [1.165, 1.54) is 11.3 Å². The van der Waals surface area contributed by atoms with E-state index in [-0.39, 0.29) is 17.7 Å². The van der Waals surface area contributed by atoms with Crippen molar-refractivity contribution in [2.24, 2.45) is 0 Å². The standard InChI is InChI=1S/C24H21N3O2S/c1-2-19(16-9-5-3-6-10-16)23(29)25-18-13-14-20-21(15-18)30-24(26-20)27-22(28)17-11-7-4-8-12-17/h3-15,19H,2H2,1H3,(H,25,29)(H,26,27,28)/t19-/m0/s1. The molecule has 0 saturated carbocycles. The number of carbonyl (C=O) groups excluding carboxylic acids is 2. The molecule has 0 bridgehead atoms. The molecule has 4 aromatic rings. The maximum absolute atomic E-state index is 12.8. The summed E-state index contributed by atoms with van der Waals surface area (Å²) in [7, 11) is 0. The molecule has 0 radical (unpaired) electrons. The first-order chi connectivity index (χ1) is 14.6. The molecule has 6 heteroatoms. The van der Waals surface area contributed by atoms with Crippen LogP contribution < -0.4 is 10.6 Å². The van der Waals surface area contributed by atoms with E-state index in [0.29, 0.717) is 22.8 Å². The highest BCUT2D eigenvalue weighted by atomic mass is 32.1. The molecule has 150 valence electrons. The van der Waals surface area contributed by atoms with E-state index in [0.717, 1.165) is 15.8 Å². The first-order valence-corrected chi connectivity index (χ1v) is 10.6. The zero-order valence-electron chi connectivity index (χ0n) is 16.5. The number of anilines is 2. The lowest BCUT2D eigenvalue weighted by Crippen LogP contribution is -2.20. The molecular weight excluding hydrogens is 394 g/mol. The normalized spacial score (nSPS) is 11.8. The van der Waals surface area contributed by atoms with Crippen molar-refractivity contribution in [3.8, 4) is 0 Å². The van der Waals surface area contributed by atoms with Crippen LogP contribution in [0.4, 0.5) is 10.8 Å². The highest BCUT2D eigenvalue weighted by Gasteiger charge is 2.19. The maximum atomic E-state index is 12.8. The number of thiazole rings is 1. The summed E-state index contributed by atoms with van der Waals surface area (Å²) in [5.74, 6) is -0.439. The van der Waals surface area contributed by atoms with Crippen molar-refractivity contribution < 1.29 is 9.59 Å². The SMILES string of the molecule is CC[C@H](C(=O)Nc1ccc2nc(NC(=O)c3ccccc3)sc2c1)c1ccccc1. The molecule has 3 aromatic carbocycles. The Hall–Kier alpha value is -3.51. The number of benzene rings is 3. The van der Waals surface area contributed by atoms with Gasteiger partial charge in [-0.2, -0.15) is 0 Å². The van der Waals surface area contributed by atoms with Crippen molar-refractivity contribution >= 4 is 44.2 Å². The van der Waals surface area contributed by atoms with Crippen LogP contribution in [0.5, 0.6) is 0 Å². The van der Waals surface area contributed by atoms with Gasteiger partial charge in [0, 0.05) is 11.3 Å². The Morgan fingerprint density at radius 2 is 1.63 bits per heavy atom. The van der Waals surface area contributed by atoms with Gasteiger partial charge in [-0.25, -0.2) is 4.98 Å². The summed E-state index contributed by atoms with van der Waals surface area (Å²) in [6.45, 7) is 2.01. The minimum absolute atomic E-state index is 0.0369. The average Bonchev–Trinajstić information content (AvgIpc) is 3.17. The third-order valence-electron chi connectivity index (χ3n) is 4.84. The van der Waals surface area contributed by atoms with Gasteiger partial charge in [0.15, 0.2) is 5.13 Å². The monoisotopic (exact) mass is 415 g/mol. The van der Waals surface area contributed by atoms with Gasteiger partial charge >= 0.3 is 0 Å². The van der Waals surface area contributed by atoms with Crippen molar-refractivity contribution in [3.05, 3.63) is 90.0 Å². The van der Waals surface area contributed by atoms with Gasteiger partial charge < -0.3 is 5.32 Å². The van der Waals surface area contributed by atoms with Crippen molar-refractivity contribution in [1.29, 1.82) is 0 Å². The van der Waals surface area contributed by atoms with Crippen LogP contribution in [-0.4, -0.2) is 16.8 Å². The summed E-state index contributed by atoms with van der Waals surface area (Å²) in [4.78, 5) is 29.6. The minimum Gasteiger partial charge on any atom is -0.326 e. The van der Waals surface area contributed by atoms with Crippen molar-refractivity contribution in [3.63, 3.8) is 0 Å². The van der Waals surface area contributed by atoms with Gasteiger partial charge in [0.05, 0.1) is 16.1 Å². The third-order valence-corrected chi connectivity index (χ3v) is 5.77. The number of hydrogen-bond donors (Lipinski definition) is 2. The minimum atomic E-state index is -0.205. The lowest BCUT2D eigenvalue weighted by molar-refractivity contribution is -0.117. The first-order valence-electron chi connectivity index (χ1n) is 9.77. The molecule has 1 heterocycles. The molecule has 2 amide bonds. The second-order valence-corrected chi connectivity index (χ2v) is 7.91. The molecular formula is C24H21N3O2S. The van der Waals surface area contributed by atoms with Crippen LogP contribution in [0.1, 0.15) is 35.2 Å². The zero-order valence-corrected chi connectivity index (χ0v) is 17.3.